The third-order valence-electron chi connectivity index (χ3n) is 6.98. The maximum absolute atomic E-state index is 11.8. The van der Waals surface area contributed by atoms with Crippen molar-refractivity contribution in [2.45, 2.75) is 124 Å². The molecule has 2 N–H and O–H groups in total. The van der Waals surface area contributed by atoms with E-state index >= 15 is 0 Å². The fraction of sp³-hybridized carbons (Fsp3) is 0.710. The molecule has 1 aliphatic carbocycles. The fourth-order valence-corrected chi connectivity index (χ4v) is 5.07. The van der Waals surface area contributed by atoms with Gasteiger partial charge in [0.1, 0.15) is 0 Å². The lowest BCUT2D eigenvalue weighted by Gasteiger charge is -2.44. The van der Waals surface area contributed by atoms with Gasteiger partial charge in [0.2, 0.25) is 0 Å². The number of rotatable bonds is 12. The number of nitrogens with zero attached hydrogens (tertiary/aromatic N) is 1. The molecule has 37 heavy (non-hydrogen) atoms. The van der Waals surface area contributed by atoms with Crippen molar-refractivity contribution >= 4 is 5.78 Å². The molecule has 0 radical (unpaired) electrons. The summed E-state index contributed by atoms with van der Waals surface area (Å²) in [6, 6.07) is 1.06. The molecule has 0 fully saturated rings. The van der Waals surface area contributed by atoms with Gasteiger partial charge in [-0.05, 0) is 105 Å². The predicted molar refractivity (Wildman–Crippen MR) is 152 cm³/mol. The Labute approximate surface area is 226 Å². The van der Waals surface area contributed by atoms with Crippen LogP contribution in [0.3, 0.4) is 0 Å². The van der Waals surface area contributed by atoms with Gasteiger partial charge >= 0.3 is 0 Å². The Morgan fingerprint density at radius 3 is 2.16 bits per heavy atom. The quantitative estimate of drug-likeness (QED) is 0.320. The van der Waals surface area contributed by atoms with E-state index < -0.39 is 11.9 Å². The summed E-state index contributed by atoms with van der Waals surface area (Å²) in [7, 11) is 0. The predicted octanol–water partition coefficient (Wildman–Crippen LogP) is 5.75. The molecule has 0 aromatic heterocycles. The molecule has 0 bridgehead atoms. The van der Waals surface area contributed by atoms with Gasteiger partial charge < -0.3 is 19.7 Å². The van der Waals surface area contributed by atoms with Crippen molar-refractivity contribution in [3.63, 3.8) is 0 Å². The van der Waals surface area contributed by atoms with E-state index in [4.69, 9.17) is 9.47 Å². The Morgan fingerprint density at radius 2 is 1.70 bits per heavy atom. The summed E-state index contributed by atoms with van der Waals surface area (Å²) in [5, 5.41) is 19.9. The SMILES string of the molecule is C=C(C)CCC(N(C(C)C)C(C)C)C(C)(C)O.C=C(C)CCOC1C=C(CO)C2CC(=O)C(C)=CC2O1. The molecule has 4 unspecified atom stereocenters. The van der Waals surface area contributed by atoms with E-state index in [1.54, 1.807) is 13.0 Å². The average molecular weight is 520 g/mol. The zero-order valence-corrected chi connectivity index (χ0v) is 24.8. The van der Waals surface area contributed by atoms with E-state index in [0.29, 0.717) is 25.1 Å². The molecular weight excluding hydrogens is 466 g/mol. The average Bonchev–Trinajstić information content (AvgIpc) is 2.75. The van der Waals surface area contributed by atoms with Crippen LogP contribution in [0.25, 0.3) is 0 Å². The van der Waals surface area contributed by atoms with E-state index in [2.05, 4.69) is 52.7 Å². The normalized spacial score (nSPS) is 22.8. The molecule has 4 atom stereocenters. The number of fused-ring (bicyclic) bond motifs is 1. The number of ether oxygens (including phenoxy) is 2. The Morgan fingerprint density at radius 1 is 1.14 bits per heavy atom. The van der Waals surface area contributed by atoms with E-state index in [1.807, 2.05) is 26.8 Å². The van der Waals surface area contributed by atoms with E-state index in [9.17, 15) is 15.0 Å². The van der Waals surface area contributed by atoms with Crippen molar-refractivity contribution in [3.05, 3.63) is 47.6 Å². The lowest BCUT2D eigenvalue weighted by atomic mass is 9.80. The van der Waals surface area contributed by atoms with Crippen molar-refractivity contribution in [2.24, 2.45) is 5.92 Å². The summed E-state index contributed by atoms with van der Waals surface area (Å²) in [6.45, 7) is 26.7. The molecule has 212 valence electrons. The minimum Gasteiger partial charge on any atom is -0.392 e. The first-order valence-corrected chi connectivity index (χ1v) is 13.7. The smallest absolute Gasteiger partial charge is 0.177 e. The molecule has 0 amide bonds. The van der Waals surface area contributed by atoms with Gasteiger partial charge in [-0.3, -0.25) is 9.69 Å². The number of ketones is 1. The number of hydrogen-bond donors (Lipinski definition) is 2. The minimum atomic E-state index is -0.677. The van der Waals surface area contributed by atoms with E-state index in [0.717, 1.165) is 36.0 Å². The van der Waals surface area contributed by atoms with Gasteiger partial charge in [-0.25, -0.2) is 0 Å². The molecule has 6 heteroatoms. The van der Waals surface area contributed by atoms with Crippen LogP contribution in [-0.4, -0.2) is 70.2 Å². The summed E-state index contributed by atoms with van der Waals surface area (Å²) in [5.41, 5.74) is 3.13. The first-order valence-electron chi connectivity index (χ1n) is 13.7. The second-order valence-electron chi connectivity index (χ2n) is 11.8. The second-order valence-corrected chi connectivity index (χ2v) is 11.8. The summed E-state index contributed by atoms with van der Waals surface area (Å²) >= 11 is 0. The van der Waals surface area contributed by atoms with Crippen molar-refractivity contribution in [1.82, 2.24) is 4.90 Å². The first-order chi connectivity index (χ1) is 17.1. The summed E-state index contributed by atoms with van der Waals surface area (Å²) < 4.78 is 11.5. The van der Waals surface area contributed by atoms with Crippen LogP contribution in [0, 0.1) is 5.92 Å². The molecule has 2 rings (SSSR count). The molecule has 2 aliphatic rings. The number of carbonyl (C=O) groups is 1. The van der Waals surface area contributed by atoms with Crippen molar-refractivity contribution in [3.8, 4) is 0 Å². The molecular formula is C31H53NO5. The first kappa shape index (κ1) is 33.5. The Bertz CT molecular complexity index is 825. The zero-order valence-electron chi connectivity index (χ0n) is 24.8. The van der Waals surface area contributed by atoms with Crippen LogP contribution < -0.4 is 0 Å². The molecule has 0 spiro atoms. The van der Waals surface area contributed by atoms with Crippen molar-refractivity contribution in [2.75, 3.05) is 13.2 Å². The lowest BCUT2D eigenvalue weighted by molar-refractivity contribution is -0.153. The second kappa shape index (κ2) is 15.1. The highest BCUT2D eigenvalue weighted by atomic mass is 16.7. The number of carbonyl (C=O) groups excluding carboxylic acids is 1. The number of hydrogen-bond acceptors (Lipinski definition) is 6. The van der Waals surface area contributed by atoms with Crippen LogP contribution in [0.15, 0.2) is 47.6 Å². The van der Waals surface area contributed by atoms with Crippen LogP contribution in [-0.2, 0) is 14.3 Å². The molecule has 0 aromatic rings. The fourth-order valence-electron chi connectivity index (χ4n) is 5.07. The number of Topliss-reactive ketones (excluding diaryl/α,β-unsaturated/α-hetero) is 1. The highest BCUT2D eigenvalue weighted by Crippen LogP contribution is 2.34. The maximum Gasteiger partial charge on any atom is 0.177 e. The molecule has 1 aliphatic heterocycles. The van der Waals surface area contributed by atoms with Crippen LogP contribution in [0.5, 0.6) is 0 Å². The molecule has 0 saturated heterocycles. The highest BCUT2D eigenvalue weighted by molar-refractivity contribution is 5.96. The summed E-state index contributed by atoms with van der Waals surface area (Å²) in [6.07, 6.45) is 6.11. The van der Waals surface area contributed by atoms with Crippen LogP contribution in [0.1, 0.15) is 88.0 Å². The summed E-state index contributed by atoms with van der Waals surface area (Å²) in [4.78, 5) is 14.2. The summed E-state index contributed by atoms with van der Waals surface area (Å²) in [5.74, 6) is 0.0630. The maximum atomic E-state index is 11.8. The number of aliphatic hydroxyl groups excluding tert-OH is 1. The molecule has 1 heterocycles. The number of allylic oxidation sites excluding steroid dienone is 2. The van der Waals surface area contributed by atoms with Crippen LogP contribution in [0.2, 0.25) is 0 Å². The Balaban J connectivity index is 0.000000377. The highest BCUT2D eigenvalue weighted by Gasteiger charge is 2.37. The van der Waals surface area contributed by atoms with E-state index in [1.165, 1.54) is 5.57 Å². The van der Waals surface area contributed by atoms with Crippen molar-refractivity contribution < 1.29 is 24.5 Å². The van der Waals surface area contributed by atoms with Gasteiger partial charge in [-0.2, -0.15) is 0 Å². The molecule has 0 aromatic carbocycles. The van der Waals surface area contributed by atoms with Gasteiger partial charge in [-0.1, -0.05) is 11.1 Å². The third-order valence-corrected chi connectivity index (χ3v) is 6.98. The number of aliphatic hydroxyl groups is 2. The van der Waals surface area contributed by atoms with Gasteiger partial charge in [0.15, 0.2) is 12.1 Å². The Kier molecular flexibility index (Phi) is 13.7. The minimum absolute atomic E-state index is 0.0582. The van der Waals surface area contributed by atoms with Crippen LogP contribution in [0.4, 0.5) is 0 Å². The van der Waals surface area contributed by atoms with Gasteiger partial charge in [0, 0.05) is 30.5 Å². The van der Waals surface area contributed by atoms with Crippen molar-refractivity contribution in [1.29, 1.82) is 0 Å². The third kappa shape index (κ3) is 11.0. The standard InChI is InChI=1S/C16H22O4.C15H31NO/c1-10(2)4-5-19-16-7-12(9-17)13-8-14(18)11(3)6-15(13)20-16;1-11(2)9-10-14(15(7,8)17)16(12(3)4)13(5)6/h6-7,13,15-17H,1,4-5,8-9H2,2-3H3;12-14,17H,1,9-10H2,2-8H3. The largest absolute Gasteiger partial charge is 0.392 e. The Hall–Kier alpha value is -1.57. The van der Waals surface area contributed by atoms with Gasteiger partial charge in [0.25, 0.3) is 0 Å². The zero-order chi connectivity index (χ0) is 28.5. The lowest BCUT2D eigenvalue weighted by Crippen LogP contribution is -2.54. The van der Waals surface area contributed by atoms with Gasteiger partial charge in [-0.15, -0.1) is 13.2 Å². The topological polar surface area (TPSA) is 79.2 Å². The van der Waals surface area contributed by atoms with Crippen LogP contribution >= 0.6 is 0 Å². The molecule has 0 saturated carbocycles. The molecule has 6 nitrogen and oxygen atoms in total. The van der Waals surface area contributed by atoms with Gasteiger partial charge in [0.05, 0.1) is 24.9 Å². The van der Waals surface area contributed by atoms with E-state index in [-0.39, 0.29) is 30.5 Å². The monoisotopic (exact) mass is 519 g/mol.